The van der Waals surface area contributed by atoms with Crippen LogP contribution in [0.2, 0.25) is 5.02 Å². The van der Waals surface area contributed by atoms with Gasteiger partial charge in [0.2, 0.25) is 0 Å². The van der Waals surface area contributed by atoms with E-state index in [0.29, 0.717) is 23.4 Å². The fourth-order valence-electron chi connectivity index (χ4n) is 6.28. The van der Waals surface area contributed by atoms with E-state index in [4.69, 9.17) is 16.3 Å². The second-order valence-corrected chi connectivity index (χ2v) is 12.2. The minimum Gasteiger partial charge on any atom is -0.495 e. The SMILES string of the molecule is C.C=CN(CCCn1cc(C(C)=O)c2cccc(OC)c21)C1CCC(CC(=O)c2ccc(Cl)cc2)C1.CCc1cccc(C)c1. The third-order valence-electron chi connectivity index (χ3n) is 8.62. The topological polar surface area (TPSA) is 51.5 Å². The Labute approximate surface area is 274 Å². The standard InChI is InChI=1S/C29H33ClN2O3.C9H12.CH4/c1-4-31(24-14-9-21(17-24)18-27(34)22-10-12-23(30)13-11-22)15-6-16-32-19-26(20(2)33)25-7-5-8-28(35-3)29(25)32;1-3-9-6-4-5-8(2)7-9;/h4-5,7-8,10-13,19,21,24H,1,6,9,14-18H2,2-3H3;4-7H,3H2,1-2H3;1H4. The van der Waals surface area contributed by atoms with Crippen molar-refractivity contribution >= 4 is 34.1 Å². The number of aromatic nitrogens is 1. The molecule has 0 saturated heterocycles. The highest BCUT2D eigenvalue weighted by Crippen LogP contribution is 2.34. The summed E-state index contributed by atoms with van der Waals surface area (Å²) in [5, 5.41) is 1.58. The largest absolute Gasteiger partial charge is 0.495 e. The van der Waals surface area contributed by atoms with Crippen molar-refractivity contribution in [3.8, 4) is 5.75 Å². The van der Waals surface area contributed by atoms with Crippen molar-refractivity contribution in [2.24, 2.45) is 5.92 Å². The van der Waals surface area contributed by atoms with Crippen molar-refractivity contribution in [2.45, 2.75) is 79.3 Å². The van der Waals surface area contributed by atoms with Crippen LogP contribution in [0.15, 0.2) is 85.7 Å². The van der Waals surface area contributed by atoms with Gasteiger partial charge in [-0.1, -0.05) is 74.5 Å². The molecule has 2 unspecified atom stereocenters. The lowest BCUT2D eigenvalue weighted by Gasteiger charge is -2.27. The van der Waals surface area contributed by atoms with Crippen LogP contribution in [0.3, 0.4) is 0 Å². The Morgan fingerprint density at radius 3 is 2.44 bits per heavy atom. The van der Waals surface area contributed by atoms with E-state index < -0.39 is 0 Å². The molecule has 6 heteroatoms. The molecule has 0 amide bonds. The minimum absolute atomic E-state index is 0. The molecule has 0 N–H and O–H groups in total. The number of hydrogen-bond donors (Lipinski definition) is 0. The van der Waals surface area contributed by atoms with Crippen molar-refractivity contribution in [2.75, 3.05) is 13.7 Å². The van der Waals surface area contributed by atoms with E-state index in [1.807, 2.05) is 42.7 Å². The van der Waals surface area contributed by atoms with Crippen LogP contribution in [0.5, 0.6) is 5.75 Å². The summed E-state index contributed by atoms with van der Waals surface area (Å²) in [7, 11) is 1.66. The highest BCUT2D eigenvalue weighted by molar-refractivity contribution is 6.30. The molecule has 45 heavy (non-hydrogen) atoms. The Morgan fingerprint density at radius 1 is 1.09 bits per heavy atom. The molecule has 1 saturated carbocycles. The van der Waals surface area contributed by atoms with Gasteiger partial charge in [-0.15, -0.1) is 0 Å². The average Bonchev–Trinajstić information content (AvgIpc) is 3.65. The molecule has 0 radical (unpaired) electrons. The van der Waals surface area contributed by atoms with Crippen LogP contribution in [0.25, 0.3) is 10.9 Å². The first kappa shape index (κ1) is 35.6. The molecule has 1 fully saturated rings. The molecule has 1 heterocycles. The zero-order valence-corrected chi connectivity index (χ0v) is 27.3. The Bertz CT molecular complexity index is 1570. The van der Waals surface area contributed by atoms with Crippen molar-refractivity contribution in [1.29, 1.82) is 0 Å². The van der Waals surface area contributed by atoms with E-state index in [2.05, 4.69) is 54.2 Å². The third-order valence-corrected chi connectivity index (χ3v) is 8.88. The molecule has 3 aromatic carbocycles. The first-order valence-corrected chi connectivity index (χ1v) is 16.0. The van der Waals surface area contributed by atoms with Gasteiger partial charge in [0.25, 0.3) is 0 Å². The summed E-state index contributed by atoms with van der Waals surface area (Å²) in [5.74, 6) is 1.41. The number of ether oxygens (including phenoxy) is 1. The number of rotatable bonds is 12. The summed E-state index contributed by atoms with van der Waals surface area (Å²) in [6.07, 6.45) is 9.63. The maximum atomic E-state index is 12.7. The Hall–Kier alpha value is -3.83. The van der Waals surface area contributed by atoms with E-state index in [9.17, 15) is 9.59 Å². The summed E-state index contributed by atoms with van der Waals surface area (Å²) in [6.45, 7) is 11.6. The number of carbonyl (C=O) groups excluding carboxylic acids is 2. The van der Waals surface area contributed by atoms with Crippen molar-refractivity contribution in [3.63, 3.8) is 0 Å². The Kier molecular flexibility index (Phi) is 13.5. The lowest BCUT2D eigenvalue weighted by molar-refractivity contribution is 0.0959. The fraction of sp³-hybridized carbons (Fsp3) is 0.385. The monoisotopic (exact) mass is 628 g/mol. The predicted molar refractivity (Wildman–Crippen MR) is 189 cm³/mol. The highest BCUT2D eigenvalue weighted by atomic mass is 35.5. The normalized spacial score (nSPS) is 15.5. The number of para-hydroxylation sites is 1. The van der Waals surface area contributed by atoms with Crippen LogP contribution in [0, 0.1) is 12.8 Å². The van der Waals surface area contributed by atoms with E-state index in [-0.39, 0.29) is 19.0 Å². The van der Waals surface area contributed by atoms with Gasteiger partial charge < -0.3 is 14.2 Å². The smallest absolute Gasteiger partial charge is 0.163 e. The van der Waals surface area contributed by atoms with Gasteiger partial charge in [0.05, 0.1) is 12.6 Å². The fourth-order valence-corrected chi connectivity index (χ4v) is 6.40. The van der Waals surface area contributed by atoms with Gasteiger partial charge in [0.1, 0.15) is 5.75 Å². The van der Waals surface area contributed by atoms with Crippen LogP contribution in [0.4, 0.5) is 0 Å². The molecule has 0 bridgehead atoms. The van der Waals surface area contributed by atoms with Gasteiger partial charge in [0.15, 0.2) is 11.6 Å². The minimum atomic E-state index is 0. The molecule has 5 rings (SSSR count). The second-order valence-electron chi connectivity index (χ2n) is 11.7. The van der Waals surface area contributed by atoms with E-state index in [1.165, 1.54) is 11.1 Å². The van der Waals surface area contributed by atoms with Gasteiger partial charge >= 0.3 is 0 Å². The van der Waals surface area contributed by atoms with Crippen LogP contribution in [-0.4, -0.2) is 40.7 Å². The number of nitrogens with zero attached hydrogens (tertiary/aromatic N) is 2. The number of aryl methyl sites for hydroxylation is 3. The molecule has 1 aliphatic rings. The van der Waals surface area contributed by atoms with Crippen LogP contribution >= 0.6 is 11.6 Å². The number of hydrogen-bond acceptors (Lipinski definition) is 4. The molecule has 1 aliphatic carbocycles. The van der Waals surface area contributed by atoms with Gasteiger partial charge in [-0.3, -0.25) is 9.59 Å². The molecule has 0 spiro atoms. The molecular weight excluding hydrogens is 580 g/mol. The first-order valence-electron chi connectivity index (χ1n) is 15.6. The maximum Gasteiger partial charge on any atom is 0.163 e. The predicted octanol–water partition coefficient (Wildman–Crippen LogP) is 9.98. The third kappa shape index (κ3) is 9.34. The molecule has 1 aromatic heterocycles. The lowest BCUT2D eigenvalue weighted by atomic mass is 9.96. The quantitative estimate of drug-likeness (QED) is 0.147. The molecule has 2 atom stereocenters. The second kappa shape index (κ2) is 17.0. The number of ketones is 2. The molecule has 240 valence electrons. The number of methoxy groups -OCH3 is 1. The molecule has 4 aromatic rings. The molecule has 5 nitrogen and oxygen atoms in total. The summed E-state index contributed by atoms with van der Waals surface area (Å²) < 4.78 is 7.71. The van der Waals surface area contributed by atoms with Crippen LogP contribution < -0.4 is 4.74 Å². The Morgan fingerprint density at radius 2 is 1.82 bits per heavy atom. The Balaban J connectivity index is 0.000000476. The number of benzene rings is 3. The number of halogens is 1. The van der Waals surface area contributed by atoms with Gasteiger partial charge in [-0.05, 0) is 94.0 Å². The van der Waals surface area contributed by atoms with Crippen molar-refractivity contribution in [1.82, 2.24) is 9.47 Å². The summed E-state index contributed by atoms with van der Waals surface area (Å²) >= 11 is 5.95. The zero-order chi connectivity index (χ0) is 31.6. The van der Waals surface area contributed by atoms with E-state index in [0.717, 1.165) is 73.0 Å². The van der Waals surface area contributed by atoms with E-state index in [1.54, 1.807) is 26.2 Å². The summed E-state index contributed by atoms with van der Waals surface area (Å²) in [5.41, 5.74) is 5.21. The van der Waals surface area contributed by atoms with Crippen LogP contribution in [-0.2, 0) is 13.0 Å². The zero-order valence-electron chi connectivity index (χ0n) is 26.5. The summed E-state index contributed by atoms with van der Waals surface area (Å²) in [4.78, 5) is 27.2. The van der Waals surface area contributed by atoms with E-state index >= 15 is 0 Å². The first-order chi connectivity index (χ1) is 21.2. The average molecular weight is 629 g/mol. The number of fused-ring (bicyclic) bond motifs is 1. The molecule has 0 aliphatic heterocycles. The van der Waals surface area contributed by atoms with Crippen molar-refractivity contribution < 1.29 is 14.3 Å². The van der Waals surface area contributed by atoms with Gasteiger partial charge in [0, 0.05) is 53.3 Å². The van der Waals surface area contributed by atoms with Crippen LogP contribution in [0.1, 0.15) is 85.2 Å². The highest BCUT2D eigenvalue weighted by Gasteiger charge is 2.29. The van der Waals surface area contributed by atoms with Crippen molar-refractivity contribution in [3.05, 3.63) is 113 Å². The molecular formula is C39H49ClN2O3. The van der Waals surface area contributed by atoms with Gasteiger partial charge in [-0.25, -0.2) is 0 Å². The number of carbonyl (C=O) groups is 2. The van der Waals surface area contributed by atoms with Gasteiger partial charge in [-0.2, -0.15) is 0 Å². The maximum absolute atomic E-state index is 12.7. The lowest BCUT2D eigenvalue weighted by Crippen LogP contribution is -2.30. The summed E-state index contributed by atoms with van der Waals surface area (Å²) in [6, 6.07) is 22.0. The number of Topliss-reactive ketones (excluding diaryl/α,β-unsaturated/α-hetero) is 2.